The second-order valence-electron chi connectivity index (χ2n) is 5.20. The third-order valence-corrected chi connectivity index (χ3v) is 3.32. The van der Waals surface area contributed by atoms with E-state index in [2.05, 4.69) is 5.32 Å². The molecular formula is C17H17F3N2O2. The van der Waals surface area contributed by atoms with Gasteiger partial charge in [-0.1, -0.05) is 36.4 Å². The SMILES string of the molecule is O=C(NCc1ccc(O)c(F)c1)N(Cc1ccccc1)CC(F)F. The Morgan fingerprint density at radius 2 is 1.83 bits per heavy atom. The van der Waals surface area contributed by atoms with Crippen molar-refractivity contribution in [2.45, 2.75) is 19.5 Å². The Morgan fingerprint density at radius 1 is 1.12 bits per heavy atom. The van der Waals surface area contributed by atoms with Gasteiger partial charge < -0.3 is 15.3 Å². The van der Waals surface area contributed by atoms with E-state index in [0.717, 1.165) is 22.6 Å². The minimum absolute atomic E-state index is 0.0371. The van der Waals surface area contributed by atoms with Gasteiger partial charge in [-0.15, -0.1) is 0 Å². The van der Waals surface area contributed by atoms with Crippen molar-refractivity contribution in [1.82, 2.24) is 10.2 Å². The van der Waals surface area contributed by atoms with Crippen molar-refractivity contribution >= 4 is 6.03 Å². The molecule has 0 heterocycles. The van der Waals surface area contributed by atoms with Gasteiger partial charge in [-0.05, 0) is 23.3 Å². The average Bonchev–Trinajstić information content (AvgIpc) is 2.55. The smallest absolute Gasteiger partial charge is 0.318 e. The summed E-state index contributed by atoms with van der Waals surface area (Å²) in [6.45, 7) is -0.698. The number of hydrogen-bond acceptors (Lipinski definition) is 2. The molecule has 0 aromatic heterocycles. The van der Waals surface area contributed by atoms with E-state index in [9.17, 15) is 18.0 Å². The maximum absolute atomic E-state index is 13.2. The zero-order valence-corrected chi connectivity index (χ0v) is 12.8. The standard InChI is InChI=1S/C17H17F3N2O2/c18-14-8-13(6-7-15(14)23)9-21-17(24)22(11-16(19)20)10-12-4-2-1-3-5-12/h1-8,16,23H,9-11H2,(H,21,24). The third-order valence-electron chi connectivity index (χ3n) is 3.32. The molecule has 2 aromatic rings. The summed E-state index contributed by atoms with van der Waals surface area (Å²) in [5, 5.41) is 11.6. The molecule has 2 rings (SSSR count). The summed E-state index contributed by atoms with van der Waals surface area (Å²) in [5.74, 6) is -1.30. The van der Waals surface area contributed by atoms with Gasteiger partial charge >= 0.3 is 6.03 Å². The first-order valence-corrected chi connectivity index (χ1v) is 7.28. The number of carbonyl (C=O) groups is 1. The predicted molar refractivity (Wildman–Crippen MR) is 83.2 cm³/mol. The van der Waals surface area contributed by atoms with Crippen LogP contribution in [0.4, 0.5) is 18.0 Å². The van der Waals surface area contributed by atoms with E-state index < -0.39 is 30.6 Å². The molecule has 128 valence electrons. The summed E-state index contributed by atoms with van der Waals surface area (Å²) in [6, 6.07) is 11.8. The number of nitrogens with one attached hydrogen (secondary N) is 1. The second-order valence-corrected chi connectivity index (χ2v) is 5.20. The molecule has 0 radical (unpaired) electrons. The first kappa shape index (κ1) is 17.7. The van der Waals surface area contributed by atoms with E-state index >= 15 is 0 Å². The Kier molecular flexibility index (Phi) is 6.06. The van der Waals surface area contributed by atoms with E-state index in [1.807, 2.05) is 0 Å². The van der Waals surface area contributed by atoms with Gasteiger partial charge in [0.1, 0.15) is 0 Å². The fourth-order valence-electron chi connectivity index (χ4n) is 2.14. The fraction of sp³-hybridized carbons (Fsp3) is 0.235. The summed E-state index contributed by atoms with van der Waals surface area (Å²) < 4.78 is 38.7. The van der Waals surface area contributed by atoms with Crippen molar-refractivity contribution in [3.8, 4) is 5.75 Å². The van der Waals surface area contributed by atoms with Gasteiger partial charge in [0.05, 0.1) is 6.54 Å². The van der Waals surface area contributed by atoms with E-state index in [0.29, 0.717) is 5.56 Å². The Bertz CT molecular complexity index is 681. The minimum Gasteiger partial charge on any atom is -0.505 e. The van der Waals surface area contributed by atoms with E-state index in [-0.39, 0.29) is 13.1 Å². The summed E-state index contributed by atoms with van der Waals surface area (Å²) in [4.78, 5) is 13.1. The van der Waals surface area contributed by atoms with Gasteiger partial charge in [0.2, 0.25) is 0 Å². The van der Waals surface area contributed by atoms with Crippen molar-refractivity contribution in [2.75, 3.05) is 6.54 Å². The van der Waals surface area contributed by atoms with Crippen LogP contribution < -0.4 is 5.32 Å². The molecule has 24 heavy (non-hydrogen) atoms. The molecule has 0 spiro atoms. The van der Waals surface area contributed by atoms with Crippen molar-refractivity contribution in [2.24, 2.45) is 0 Å². The third kappa shape index (κ3) is 5.19. The number of benzene rings is 2. The number of halogens is 3. The summed E-state index contributed by atoms with van der Waals surface area (Å²) in [6.07, 6.45) is -2.66. The fourth-order valence-corrected chi connectivity index (χ4v) is 2.14. The van der Waals surface area contributed by atoms with Crippen LogP contribution in [0.15, 0.2) is 48.5 Å². The number of phenolic OH excluding ortho intramolecular Hbond substituents is 1. The zero-order chi connectivity index (χ0) is 17.5. The maximum Gasteiger partial charge on any atom is 0.318 e. The molecule has 0 saturated carbocycles. The van der Waals surface area contributed by atoms with Crippen molar-refractivity contribution < 1.29 is 23.1 Å². The molecular weight excluding hydrogens is 321 g/mol. The van der Waals surface area contributed by atoms with Crippen molar-refractivity contribution in [3.05, 3.63) is 65.5 Å². The number of aromatic hydroxyl groups is 1. The number of phenols is 1. The molecule has 0 aliphatic rings. The lowest BCUT2D eigenvalue weighted by molar-refractivity contribution is 0.0956. The first-order valence-electron chi connectivity index (χ1n) is 7.28. The predicted octanol–water partition coefficient (Wildman–Crippen LogP) is 3.51. The van der Waals surface area contributed by atoms with Gasteiger partial charge in [0.25, 0.3) is 6.43 Å². The molecule has 4 nitrogen and oxygen atoms in total. The topological polar surface area (TPSA) is 52.6 Å². The number of amides is 2. The van der Waals surface area contributed by atoms with Crippen LogP contribution in [0.1, 0.15) is 11.1 Å². The highest BCUT2D eigenvalue weighted by Crippen LogP contribution is 2.16. The Balaban J connectivity index is 2.00. The lowest BCUT2D eigenvalue weighted by atomic mass is 10.2. The minimum atomic E-state index is -2.66. The Hall–Kier alpha value is -2.70. The zero-order valence-electron chi connectivity index (χ0n) is 12.8. The summed E-state index contributed by atoms with van der Waals surface area (Å²) >= 11 is 0. The van der Waals surface area contributed by atoms with E-state index in [4.69, 9.17) is 5.11 Å². The highest BCUT2D eigenvalue weighted by molar-refractivity contribution is 5.74. The van der Waals surface area contributed by atoms with Crippen LogP contribution >= 0.6 is 0 Å². The molecule has 7 heteroatoms. The molecule has 2 amide bonds. The molecule has 0 fully saturated rings. The van der Waals surface area contributed by atoms with Crippen LogP contribution in [-0.4, -0.2) is 29.0 Å². The average molecular weight is 338 g/mol. The first-order chi connectivity index (χ1) is 11.5. The number of rotatable bonds is 6. The van der Waals surface area contributed by atoms with Crippen LogP contribution in [0.25, 0.3) is 0 Å². The largest absolute Gasteiger partial charge is 0.505 e. The molecule has 0 unspecified atom stereocenters. The Morgan fingerprint density at radius 3 is 2.46 bits per heavy atom. The van der Waals surface area contributed by atoms with Gasteiger partial charge in [-0.2, -0.15) is 0 Å². The van der Waals surface area contributed by atoms with Crippen LogP contribution in [0.5, 0.6) is 5.75 Å². The normalized spacial score (nSPS) is 10.7. The number of urea groups is 1. The highest BCUT2D eigenvalue weighted by atomic mass is 19.3. The summed E-state index contributed by atoms with van der Waals surface area (Å²) in [7, 11) is 0. The number of nitrogens with zero attached hydrogens (tertiary/aromatic N) is 1. The van der Waals surface area contributed by atoms with Crippen LogP contribution in [0.3, 0.4) is 0 Å². The van der Waals surface area contributed by atoms with Crippen molar-refractivity contribution in [1.29, 1.82) is 0 Å². The monoisotopic (exact) mass is 338 g/mol. The number of alkyl halides is 2. The summed E-state index contributed by atoms with van der Waals surface area (Å²) in [5.41, 5.74) is 1.14. The molecule has 0 atom stereocenters. The molecule has 2 N–H and O–H groups in total. The Labute approximate surface area is 137 Å². The lowest BCUT2D eigenvalue weighted by Crippen LogP contribution is -2.41. The number of carbonyl (C=O) groups excluding carboxylic acids is 1. The van der Waals surface area contributed by atoms with Gasteiger partial charge in [-0.25, -0.2) is 18.0 Å². The quantitative estimate of drug-likeness (QED) is 0.847. The maximum atomic E-state index is 13.2. The molecule has 0 aliphatic carbocycles. The molecule has 2 aromatic carbocycles. The second kappa shape index (κ2) is 8.24. The lowest BCUT2D eigenvalue weighted by Gasteiger charge is -2.23. The molecule has 0 bridgehead atoms. The number of hydrogen-bond donors (Lipinski definition) is 2. The van der Waals surface area contributed by atoms with Gasteiger partial charge in [-0.3, -0.25) is 0 Å². The molecule has 0 saturated heterocycles. The van der Waals surface area contributed by atoms with Gasteiger partial charge in [0, 0.05) is 13.1 Å². The van der Waals surface area contributed by atoms with Crippen LogP contribution in [-0.2, 0) is 13.1 Å². The highest BCUT2D eigenvalue weighted by Gasteiger charge is 2.18. The molecule has 0 aliphatic heterocycles. The van der Waals surface area contributed by atoms with Crippen LogP contribution in [0, 0.1) is 5.82 Å². The van der Waals surface area contributed by atoms with E-state index in [1.54, 1.807) is 30.3 Å². The van der Waals surface area contributed by atoms with E-state index in [1.165, 1.54) is 6.07 Å². The van der Waals surface area contributed by atoms with Crippen molar-refractivity contribution in [3.63, 3.8) is 0 Å². The van der Waals surface area contributed by atoms with Crippen LogP contribution in [0.2, 0.25) is 0 Å². The van der Waals surface area contributed by atoms with Gasteiger partial charge in [0.15, 0.2) is 11.6 Å².